The van der Waals surface area contributed by atoms with Crippen LogP contribution in [-0.2, 0) is 6.54 Å². The fourth-order valence-corrected chi connectivity index (χ4v) is 1.98. The number of methoxy groups -OCH3 is 1. The van der Waals surface area contributed by atoms with Gasteiger partial charge in [-0.3, -0.25) is 4.90 Å². The molecule has 0 bridgehead atoms. The van der Waals surface area contributed by atoms with Crippen LogP contribution in [0.15, 0.2) is 28.8 Å². The number of hydrogen-bond acceptors (Lipinski definition) is 6. The van der Waals surface area contributed by atoms with Crippen molar-refractivity contribution in [3.8, 4) is 17.1 Å². The van der Waals surface area contributed by atoms with E-state index in [1.54, 1.807) is 14.0 Å². The first-order valence-corrected chi connectivity index (χ1v) is 6.92. The molecule has 6 heteroatoms. The van der Waals surface area contributed by atoms with E-state index in [-0.39, 0.29) is 6.10 Å². The molecule has 0 radical (unpaired) electrons. The minimum absolute atomic E-state index is 0.306. The number of rotatable bonds is 7. The van der Waals surface area contributed by atoms with Gasteiger partial charge in [-0.25, -0.2) is 0 Å². The summed E-state index contributed by atoms with van der Waals surface area (Å²) in [5.41, 5.74) is 0.807. The highest BCUT2D eigenvalue weighted by molar-refractivity contribution is 5.63. The Labute approximate surface area is 124 Å². The van der Waals surface area contributed by atoms with Crippen LogP contribution in [0.3, 0.4) is 0 Å². The van der Waals surface area contributed by atoms with Crippen molar-refractivity contribution >= 4 is 0 Å². The van der Waals surface area contributed by atoms with Gasteiger partial charge in [-0.15, -0.1) is 0 Å². The Bertz CT molecular complexity index is 569. The number of para-hydroxylation sites is 1. The van der Waals surface area contributed by atoms with Crippen LogP contribution in [0.1, 0.15) is 19.2 Å². The molecule has 1 heterocycles. The van der Waals surface area contributed by atoms with Crippen molar-refractivity contribution in [1.82, 2.24) is 15.0 Å². The van der Waals surface area contributed by atoms with Gasteiger partial charge in [0.25, 0.3) is 0 Å². The summed E-state index contributed by atoms with van der Waals surface area (Å²) in [6, 6.07) is 7.56. The van der Waals surface area contributed by atoms with Crippen molar-refractivity contribution in [1.29, 1.82) is 0 Å². The summed E-state index contributed by atoms with van der Waals surface area (Å²) in [4.78, 5) is 6.43. The summed E-state index contributed by atoms with van der Waals surface area (Å²) >= 11 is 0. The Hall–Kier alpha value is -1.92. The maximum atomic E-state index is 9.29. The normalized spacial score (nSPS) is 12.6. The van der Waals surface area contributed by atoms with Crippen LogP contribution < -0.4 is 4.74 Å². The summed E-state index contributed by atoms with van der Waals surface area (Å²) in [7, 11) is 3.57. The fraction of sp³-hybridized carbons (Fsp3) is 0.467. The van der Waals surface area contributed by atoms with Gasteiger partial charge in [0.2, 0.25) is 11.7 Å². The largest absolute Gasteiger partial charge is 0.496 e. The van der Waals surface area contributed by atoms with Crippen LogP contribution in [0.2, 0.25) is 0 Å². The van der Waals surface area contributed by atoms with Gasteiger partial charge in [0, 0.05) is 6.54 Å². The third kappa shape index (κ3) is 4.27. The molecule has 1 N–H and O–H groups in total. The summed E-state index contributed by atoms with van der Waals surface area (Å²) in [6.07, 6.45) is 0.406. The zero-order valence-corrected chi connectivity index (χ0v) is 12.6. The van der Waals surface area contributed by atoms with Crippen LogP contribution in [0.25, 0.3) is 11.4 Å². The van der Waals surface area contributed by atoms with E-state index in [0.29, 0.717) is 30.4 Å². The molecule has 0 aliphatic rings. The third-order valence-electron chi connectivity index (χ3n) is 3.15. The van der Waals surface area contributed by atoms with Crippen molar-refractivity contribution in [3.63, 3.8) is 0 Å². The Morgan fingerprint density at radius 3 is 2.86 bits per heavy atom. The molecule has 0 aliphatic heterocycles. The maximum Gasteiger partial charge on any atom is 0.241 e. The number of ether oxygens (including phenoxy) is 1. The fourth-order valence-electron chi connectivity index (χ4n) is 1.98. The van der Waals surface area contributed by atoms with E-state index in [1.165, 1.54) is 0 Å². The SMILES string of the molecule is COc1ccccc1-c1noc(CN(C)CCC(C)O)n1. The maximum absolute atomic E-state index is 9.29. The standard InChI is InChI=1S/C15H21N3O3/c1-11(19)8-9-18(2)10-14-16-15(17-21-14)12-6-4-5-7-13(12)20-3/h4-7,11,19H,8-10H2,1-3H3. The number of aliphatic hydroxyl groups excluding tert-OH is 1. The predicted molar refractivity (Wildman–Crippen MR) is 78.9 cm³/mol. The van der Waals surface area contributed by atoms with E-state index < -0.39 is 0 Å². The predicted octanol–water partition coefficient (Wildman–Crippen LogP) is 1.95. The van der Waals surface area contributed by atoms with E-state index in [2.05, 4.69) is 10.1 Å². The topological polar surface area (TPSA) is 71.6 Å². The van der Waals surface area contributed by atoms with Gasteiger partial charge < -0.3 is 14.4 Å². The minimum Gasteiger partial charge on any atom is -0.496 e. The highest BCUT2D eigenvalue weighted by atomic mass is 16.5. The second kappa shape index (κ2) is 7.19. The van der Waals surface area contributed by atoms with Crippen LogP contribution >= 0.6 is 0 Å². The molecule has 114 valence electrons. The van der Waals surface area contributed by atoms with Gasteiger partial charge in [-0.05, 0) is 32.5 Å². The monoisotopic (exact) mass is 291 g/mol. The van der Waals surface area contributed by atoms with E-state index >= 15 is 0 Å². The van der Waals surface area contributed by atoms with E-state index in [0.717, 1.165) is 12.1 Å². The Balaban J connectivity index is 2.04. The highest BCUT2D eigenvalue weighted by Gasteiger charge is 2.14. The number of aliphatic hydroxyl groups is 1. The van der Waals surface area contributed by atoms with Crippen molar-refractivity contribution < 1.29 is 14.4 Å². The van der Waals surface area contributed by atoms with E-state index in [1.807, 2.05) is 36.2 Å². The molecular weight excluding hydrogens is 270 g/mol. The zero-order valence-electron chi connectivity index (χ0n) is 12.6. The van der Waals surface area contributed by atoms with Crippen molar-refractivity contribution in [2.24, 2.45) is 0 Å². The van der Waals surface area contributed by atoms with Gasteiger partial charge in [0.1, 0.15) is 5.75 Å². The lowest BCUT2D eigenvalue weighted by Gasteiger charge is -2.14. The molecule has 21 heavy (non-hydrogen) atoms. The number of benzene rings is 1. The summed E-state index contributed by atoms with van der Waals surface area (Å²) in [5.74, 6) is 1.78. The van der Waals surface area contributed by atoms with E-state index in [4.69, 9.17) is 9.26 Å². The Morgan fingerprint density at radius 1 is 1.38 bits per heavy atom. The van der Waals surface area contributed by atoms with Crippen molar-refractivity contribution in [2.75, 3.05) is 20.7 Å². The van der Waals surface area contributed by atoms with Gasteiger partial charge in [0.15, 0.2) is 0 Å². The van der Waals surface area contributed by atoms with Gasteiger partial charge in [0.05, 0.1) is 25.3 Å². The molecule has 0 fully saturated rings. The van der Waals surface area contributed by atoms with Crippen molar-refractivity contribution in [3.05, 3.63) is 30.2 Å². The molecule has 2 rings (SSSR count). The molecular formula is C15H21N3O3. The molecule has 2 aromatic rings. The van der Waals surface area contributed by atoms with Gasteiger partial charge >= 0.3 is 0 Å². The molecule has 0 spiro atoms. The van der Waals surface area contributed by atoms with Gasteiger partial charge in [-0.2, -0.15) is 4.98 Å². The van der Waals surface area contributed by atoms with Gasteiger partial charge in [-0.1, -0.05) is 17.3 Å². The van der Waals surface area contributed by atoms with Crippen molar-refractivity contribution in [2.45, 2.75) is 26.0 Å². The summed E-state index contributed by atoms with van der Waals surface area (Å²) < 4.78 is 10.6. The number of nitrogens with zero attached hydrogens (tertiary/aromatic N) is 3. The minimum atomic E-state index is -0.306. The second-order valence-corrected chi connectivity index (χ2v) is 5.09. The molecule has 0 amide bonds. The second-order valence-electron chi connectivity index (χ2n) is 5.09. The molecule has 1 unspecified atom stereocenters. The lowest BCUT2D eigenvalue weighted by molar-refractivity contribution is 0.158. The van der Waals surface area contributed by atoms with Crippen LogP contribution in [0.4, 0.5) is 0 Å². The molecule has 0 saturated heterocycles. The average Bonchev–Trinajstić information content (AvgIpc) is 2.93. The smallest absolute Gasteiger partial charge is 0.241 e. The number of hydrogen-bond donors (Lipinski definition) is 1. The van der Waals surface area contributed by atoms with Crippen LogP contribution in [-0.4, -0.2) is 47.0 Å². The van der Waals surface area contributed by atoms with E-state index in [9.17, 15) is 5.11 Å². The lowest BCUT2D eigenvalue weighted by Crippen LogP contribution is -2.22. The number of aromatic nitrogens is 2. The van der Waals surface area contributed by atoms with Crippen LogP contribution in [0, 0.1) is 0 Å². The Morgan fingerprint density at radius 2 is 2.14 bits per heavy atom. The van der Waals surface area contributed by atoms with Crippen LogP contribution in [0.5, 0.6) is 5.75 Å². The average molecular weight is 291 g/mol. The third-order valence-corrected chi connectivity index (χ3v) is 3.15. The lowest BCUT2D eigenvalue weighted by atomic mass is 10.2. The summed E-state index contributed by atoms with van der Waals surface area (Å²) in [6.45, 7) is 3.10. The zero-order chi connectivity index (χ0) is 15.2. The first-order valence-electron chi connectivity index (χ1n) is 6.92. The first kappa shape index (κ1) is 15.5. The Kier molecular flexibility index (Phi) is 5.30. The molecule has 1 aromatic carbocycles. The molecule has 1 atom stereocenters. The molecule has 0 saturated carbocycles. The quantitative estimate of drug-likeness (QED) is 0.840. The summed E-state index contributed by atoms with van der Waals surface area (Å²) in [5, 5.41) is 13.3. The first-order chi connectivity index (χ1) is 10.1. The molecule has 0 aliphatic carbocycles. The molecule has 6 nitrogen and oxygen atoms in total. The highest BCUT2D eigenvalue weighted by Crippen LogP contribution is 2.27. The molecule has 1 aromatic heterocycles.